The van der Waals surface area contributed by atoms with E-state index in [9.17, 15) is 4.79 Å². The first-order valence-corrected chi connectivity index (χ1v) is 8.31. The predicted molar refractivity (Wildman–Crippen MR) is 86.8 cm³/mol. The van der Waals surface area contributed by atoms with Gasteiger partial charge in [-0.3, -0.25) is 4.79 Å². The Labute approximate surface area is 136 Å². The van der Waals surface area contributed by atoms with E-state index in [4.69, 9.17) is 4.42 Å². The van der Waals surface area contributed by atoms with Gasteiger partial charge < -0.3 is 9.32 Å². The van der Waals surface area contributed by atoms with E-state index < -0.39 is 0 Å². The van der Waals surface area contributed by atoms with E-state index in [1.807, 2.05) is 4.90 Å². The van der Waals surface area contributed by atoms with Gasteiger partial charge in [0.2, 0.25) is 17.7 Å². The average molecular weight is 313 g/mol. The summed E-state index contributed by atoms with van der Waals surface area (Å²) in [5, 5.41) is 7.72. The van der Waals surface area contributed by atoms with Crippen LogP contribution in [0.15, 0.2) is 34.7 Å². The molecular formula is C18H23N3O2. The van der Waals surface area contributed by atoms with Crippen molar-refractivity contribution in [2.24, 2.45) is 5.92 Å². The molecule has 0 atom stereocenters. The first-order valence-electron chi connectivity index (χ1n) is 8.31. The molecule has 1 aromatic carbocycles. The Bertz CT molecular complexity index is 631. The van der Waals surface area contributed by atoms with E-state index in [0.29, 0.717) is 30.5 Å². The van der Waals surface area contributed by atoms with E-state index in [-0.39, 0.29) is 5.91 Å². The number of hydrogen-bond acceptors (Lipinski definition) is 4. The summed E-state index contributed by atoms with van der Waals surface area (Å²) in [6, 6.07) is 10.6. The summed E-state index contributed by atoms with van der Waals surface area (Å²) in [6.07, 6.45) is 4.26. The fraction of sp³-hybridized carbons (Fsp3) is 0.500. The molecule has 0 bridgehead atoms. The van der Waals surface area contributed by atoms with Crippen molar-refractivity contribution in [3.05, 3.63) is 47.7 Å². The highest BCUT2D eigenvalue weighted by molar-refractivity contribution is 5.76. The zero-order valence-corrected chi connectivity index (χ0v) is 13.6. The standard InChI is InChI=1S/C18H23N3O2/c1-14-19-20-17(23-14)7-8-18(22)21-11-9-16(10-12-21)13-15-5-3-2-4-6-15/h2-6,16H,7-13H2,1H3. The minimum absolute atomic E-state index is 0.194. The van der Waals surface area contributed by atoms with Crippen molar-refractivity contribution < 1.29 is 9.21 Å². The molecule has 0 saturated carbocycles. The van der Waals surface area contributed by atoms with Gasteiger partial charge in [-0.25, -0.2) is 0 Å². The molecule has 122 valence electrons. The van der Waals surface area contributed by atoms with Crippen molar-refractivity contribution in [1.82, 2.24) is 15.1 Å². The Balaban J connectivity index is 1.42. The lowest BCUT2D eigenvalue weighted by Gasteiger charge is -2.32. The normalized spacial score (nSPS) is 15.8. The van der Waals surface area contributed by atoms with E-state index in [1.54, 1.807) is 6.92 Å². The molecule has 0 N–H and O–H groups in total. The highest BCUT2D eigenvalue weighted by atomic mass is 16.4. The summed E-state index contributed by atoms with van der Waals surface area (Å²) in [7, 11) is 0. The number of benzene rings is 1. The highest BCUT2D eigenvalue weighted by Gasteiger charge is 2.23. The number of likely N-dealkylation sites (tertiary alicyclic amines) is 1. The maximum atomic E-state index is 12.3. The number of amides is 1. The van der Waals surface area contributed by atoms with Gasteiger partial charge in [-0.1, -0.05) is 30.3 Å². The van der Waals surface area contributed by atoms with Gasteiger partial charge in [-0.15, -0.1) is 10.2 Å². The maximum Gasteiger partial charge on any atom is 0.223 e. The molecule has 1 fully saturated rings. The van der Waals surface area contributed by atoms with Gasteiger partial charge in [0.05, 0.1) is 0 Å². The van der Waals surface area contributed by atoms with Crippen molar-refractivity contribution >= 4 is 5.91 Å². The number of aryl methyl sites for hydroxylation is 2. The molecule has 23 heavy (non-hydrogen) atoms. The minimum Gasteiger partial charge on any atom is -0.426 e. The van der Waals surface area contributed by atoms with Gasteiger partial charge in [0.1, 0.15) is 0 Å². The van der Waals surface area contributed by atoms with Gasteiger partial charge in [-0.05, 0) is 30.7 Å². The minimum atomic E-state index is 0.194. The number of piperidine rings is 1. The van der Waals surface area contributed by atoms with Crippen molar-refractivity contribution in [2.45, 2.75) is 39.0 Å². The highest BCUT2D eigenvalue weighted by Crippen LogP contribution is 2.22. The van der Waals surface area contributed by atoms with Crippen LogP contribution >= 0.6 is 0 Å². The number of aromatic nitrogens is 2. The van der Waals surface area contributed by atoms with Crippen molar-refractivity contribution in [2.75, 3.05) is 13.1 Å². The molecule has 1 aromatic heterocycles. The van der Waals surface area contributed by atoms with Crippen molar-refractivity contribution in [3.8, 4) is 0 Å². The van der Waals surface area contributed by atoms with Gasteiger partial charge >= 0.3 is 0 Å². The Morgan fingerprint density at radius 2 is 1.96 bits per heavy atom. The number of hydrogen-bond donors (Lipinski definition) is 0. The number of carbonyl (C=O) groups is 1. The lowest BCUT2D eigenvalue weighted by atomic mass is 9.90. The number of carbonyl (C=O) groups excluding carboxylic acids is 1. The first-order chi connectivity index (χ1) is 11.2. The predicted octanol–water partition coefficient (Wildman–Crippen LogP) is 2.79. The Kier molecular flexibility index (Phi) is 5.05. The second-order valence-corrected chi connectivity index (χ2v) is 6.23. The SMILES string of the molecule is Cc1nnc(CCC(=O)N2CCC(Cc3ccccc3)CC2)o1. The van der Waals surface area contributed by atoms with E-state index >= 15 is 0 Å². The number of rotatable bonds is 5. The molecule has 5 heteroatoms. The molecule has 2 aromatic rings. The zero-order chi connectivity index (χ0) is 16.1. The molecule has 0 unspecified atom stereocenters. The van der Waals surface area contributed by atoms with E-state index in [2.05, 4.69) is 40.5 Å². The van der Waals surface area contributed by atoms with Crippen LogP contribution in [0.2, 0.25) is 0 Å². The molecule has 0 radical (unpaired) electrons. The molecule has 1 amide bonds. The van der Waals surface area contributed by atoms with Crippen LogP contribution in [0.5, 0.6) is 0 Å². The van der Waals surface area contributed by atoms with E-state index in [0.717, 1.165) is 32.4 Å². The summed E-state index contributed by atoms with van der Waals surface area (Å²) >= 11 is 0. The smallest absolute Gasteiger partial charge is 0.223 e. The quantitative estimate of drug-likeness (QED) is 0.851. The fourth-order valence-electron chi connectivity index (χ4n) is 3.14. The third-order valence-electron chi connectivity index (χ3n) is 4.46. The topological polar surface area (TPSA) is 59.2 Å². The molecule has 2 heterocycles. The molecule has 1 aliphatic rings. The maximum absolute atomic E-state index is 12.3. The van der Waals surface area contributed by atoms with Crippen LogP contribution < -0.4 is 0 Å². The largest absolute Gasteiger partial charge is 0.426 e. The lowest BCUT2D eigenvalue weighted by Crippen LogP contribution is -2.39. The fourth-order valence-corrected chi connectivity index (χ4v) is 3.14. The summed E-state index contributed by atoms with van der Waals surface area (Å²) < 4.78 is 5.31. The molecule has 3 rings (SSSR count). The van der Waals surface area contributed by atoms with Crippen LogP contribution in [0.3, 0.4) is 0 Å². The molecule has 1 saturated heterocycles. The second-order valence-electron chi connectivity index (χ2n) is 6.23. The third kappa shape index (κ3) is 4.41. The monoisotopic (exact) mass is 313 g/mol. The van der Waals surface area contributed by atoms with Crippen molar-refractivity contribution in [3.63, 3.8) is 0 Å². The van der Waals surface area contributed by atoms with Crippen LogP contribution in [0.4, 0.5) is 0 Å². The van der Waals surface area contributed by atoms with Gasteiger partial charge in [0.25, 0.3) is 0 Å². The lowest BCUT2D eigenvalue weighted by molar-refractivity contribution is -0.132. The van der Waals surface area contributed by atoms with Crippen LogP contribution in [0.25, 0.3) is 0 Å². The van der Waals surface area contributed by atoms with E-state index in [1.165, 1.54) is 5.56 Å². The molecular weight excluding hydrogens is 290 g/mol. The summed E-state index contributed by atoms with van der Waals surface area (Å²) in [6.45, 7) is 3.48. The van der Waals surface area contributed by atoms with Gasteiger partial charge in [0, 0.05) is 32.9 Å². The molecule has 0 spiro atoms. The van der Waals surface area contributed by atoms with Gasteiger partial charge in [-0.2, -0.15) is 0 Å². The van der Waals surface area contributed by atoms with Crippen LogP contribution in [0.1, 0.15) is 36.6 Å². The Hall–Kier alpha value is -2.17. The Morgan fingerprint density at radius 3 is 2.61 bits per heavy atom. The first kappa shape index (κ1) is 15.7. The third-order valence-corrected chi connectivity index (χ3v) is 4.46. The molecule has 5 nitrogen and oxygen atoms in total. The zero-order valence-electron chi connectivity index (χ0n) is 13.6. The molecule has 0 aliphatic carbocycles. The second kappa shape index (κ2) is 7.40. The van der Waals surface area contributed by atoms with Crippen molar-refractivity contribution in [1.29, 1.82) is 0 Å². The van der Waals surface area contributed by atoms with Crippen LogP contribution in [0, 0.1) is 12.8 Å². The van der Waals surface area contributed by atoms with Crippen LogP contribution in [-0.2, 0) is 17.6 Å². The molecule has 1 aliphatic heterocycles. The summed E-state index contributed by atoms with van der Waals surface area (Å²) in [5.74, 6) is 1.98. The average Bonchev–Trinajstić information content (AvgIpc) is 3.00. The summed E-state index contributed by atoms with van der Waals surface area (Å²) in [4.78, 5) is 14.3. The van der Waals surface area contributed by atoms with Gasteiger partial charge in [0.15, 0.2) is 0 Å². The Morgan fingerprint density at radius 1 is 1.22 bits per heavy atom. The summed E-state index contributed by atoms with van der Waals surface area (Å²) in [5.41, 5.74) is 1.39. The number of nitrogens with zero attached hydrogens (tertiary/aromatic N) is 3. The van der Waals surface area contributed by atoms with Crippen LogP contribution in [-0.4, -0.2) is 34.1 Å².